The predicted molar refractivity (Wildman–Crippen MR) is 108 cm³/mol. The zero-order valence-electron chi connectivity index (χ0n) is 16.1. The lowest BCUT2D eigenvalue weighted by Crippen LogP contribution is -2.27. The van der Waals surface area contributed by atoms with Crippen LogP contribution >= 0.6 is 0 Å². The molecule has 0 radical (unpaired) electrons. The van der Waals surface area contributed by atoms with E-state index in [1.54, 1.807) is 49.4 Å². The summed E-state index contributed by atoms with van der Waals surface area (Å²) in [6.07, 6.45) is 0. The average Bonchev–Trinajstić information content (AvgIpc) is 3.14. The average molecular weight is 392 g/mol. The first-order chi connectivity index (χ1) is 13.9. The molecule has 1 atom stereocenters. The molecule has 1 fully saturated rings. The third kappa shape index (κ3) is 3.77. The summed E-state index contributed by atoms with van der Waals surface area (Å²) in [7, 11) is 0. The van der Waals surface area contributed by atoms with Crippen molar-refractivity contribution in [3.8, 4) is 0 Å². The van der Waals surface area contributed by atoms with Gasteiger partial charge in [0, 0.05) is 22.6 Å². The molecule has 0 saturated carbocycles. The van der Waals surface area contributed by atoms with Crippen LogP contribution in [0.2, 0.25) is 0 Å². The number of benzene rings is 2. The molecule has 0 aliphatic carbocycles. The van der Waals surface area contributed by atoms with Crippen molar-refractivity contribution in [2.45, 2.75) is 13.8 Å². The highest BCUT2D eigenvalue weighted by atomic mass is 16.7. The van der Waals surface area contributed by atoms with Crippen molar-refractivity contribution in [3.05, 3.63) is 75.6 Å². The van der Waals surface area contributed by atoms with Gasteiger partial charge in [-0.05, 0) is 36.8 Å². The maximum absolute atomic E-state index is 12.7. The fourth-order valence-electron chi connectivity index (χ4n) is 3.19. The van der Waals surface area contributed by atoms with Gasteiger partial charge in [-0.2, -0.15) is 0 Å². The highest BCUT2D eigenvalue weighted by molar-refractivity contribution is 6.06. The van der Waals surface area contributed by atoms with Gasteiger partial charge in [0.2, 0.25) is 0 Å². The maximum atomic E-state index is 12.7. The Morgan fingerprint density at radius 1 is 1.14 bits per heavy atom. The number of aryl methyl sites for hydroxylation is 1. The van der Waals surface area contributed by atoms with E-state index in [0.29, 0.717) is 35.4 Å². The van der Waals surface area contributed by atoms with Crippen LogP contribution in [0.3, 0.4) is 0 Å². The topological polar surface area (TPSA) is 88.8 Å². The fourth-order valence-corrected chi connectivity index (χ4v) is 3.19. The van der Waals surface area contributed by atoms with Crippen molar-refractivity contribution in [1.29, 1.82) is 0 Å². The number of amides is 2. The van der Waals surface area contributed by atoms with Crippen LogP contribution in [0.25, 0.3) is 11.0 Å². The number of nitrogens with zero attached hydrogens (tertiary/aromatic N) is 1. The van der Waals surface area contributed by atoms with Crippen LogP contribution in [0.4, 0.5) is 5.69 Å². The lowest BCUT2D eigenvalue weighted by molar-refractivity contribution is -0.0772. The molecule has 2 amide bonds. The SMILES string of the molecule is Cc1ccc(C(=O)N2CC(C)CO2)cc1NC(=O)c1cc2ccccc2oc1=O. The molecule has 7 nitrogen and oxygen atoms in total. The van der Waals surface area contributed by atoms with Crippen LogP contribution in [0.5, 0.6) is 0 Å². The molecule has 2 aromatic carbocycles. The van der Waals surface area contributed by atoms with Gasteiger partial charge in [-0.3, -0.25) is 14.4 Å². The van der Waals surface area contributed by atoms with E-state index in [2.05, 4.69) is 5.32 Å². The normalized spacial score (nSPS) is 16.2. The molecule has 2 heterocycles. The summed E-state index contributed by atoms with van der Waals surface area (Å²) in [6, 6.07) is 13.5. The molecule has 0 spiro atoms. The lowest BCUT2D eigenvalue weighted by atomic mass is 10.1. The molecule has 1 saturated heterocycles. The molecule has 1 N–H and O–H groups in total. The van der Waals surface area contributed by atoms with Crippen molar-refractivity contribution in [2.75, 3.05) is 18.5 Å². The second-order valence-corrected chi connectivity index (χ2v) is 7.24. The zero-order chi connectivity index (χ0) is 20.5. The zero-order valence-corrected chi connectivity index (χ0v) is 16.1. The van der Waals surface area contributed by atoms with E-state index in [1.807, 2.05) is 6.92 Å². The Bertz CT molecular complexity index is 1170. The van der Waals surface area contributed by atoms with Crippen molar-refractivity contribution in [1.82, 2.24) is 5.06 Å². The van der Waals surface area contributed by atoms with Crippen LogP contribution in [-0.2, 0) is 4.84 Å². The highest BCUT2D eigenvalue weighted by Gasteiger charge is 2.26. The van der Waals surface area contributed by atoms with Crippen LogP contribution in [0, 0.1) is 12.8 Å². The molecule has 148 valence electrons. The van der Waals surface area contributed by atoms with Gasteiger partial charge in [0.15, 0.2) is 0 Å². The van der Waals surface area contributed by atoms with Crippen LogP contribution in [0.15, 0.2) is 57.7 Å². The number of anilines is 1. The van der Waals surface area contributed by atoms with Crippen molar-refractivity contribution in [2.24, 2.45) is 5.92 Å². The number of hydrogen-bond donors (Lipinski definition) is 1. The quantitative estimate of drug-likeness (QED) is 0.691. The van der Waals surface area contributed by atoms with Gasteiger partial charge >= 0.3 is 5.63 Å². The van der Waals surface area contributed by atoms with E-state index >= 15 is 0 Å². The largest absolute Gasteiger partial charge is 0.422 e. The maximum Gasteiger partial charge on any atom is 0.349 e. The monoisotopic (exact) mass is 392 g/mol. The summed E-state index contributed by atoms with van der Waals surface area (Å²) in [4.78, 5) is 43.0. The summed E-state index contributed by atoms with van der Waals surface area (Å²) >= 11 is 0. The van der Waals surface area contributed by atoms with E-state index in [1.165, 1.54) is 11.1 Å². The molecule has 1 aliphatic heterocycles. The molecule has 3 aromatic rings. The van der Waals surface area contributed by atoms with Crippen molar-refractivity contribution in [3.63, 3.8) is 0 Å². The second kappa shape index (κ2) is 7.52. The number of hydroxylamine groups is 2. The molecule has 1 aliphatic rings. The number of carbonyl (C=O) groups is 2. The number of para-hydroxylation sites is 1. The van der Waals surface area contributed by atoms with Gasteiger partial charge in [0.25, 0.3) is 11.8 Å². The minimum Gasteiger partial charge on any atom is -0.422 e. The van der Waals surface area contributed by atoms with Crippen molar-refractivity contribution < 1.29 is 18.8 Å². The Morgan fingerprint density at radius 2 is 1.93 bits per heavy atom. The third-order valence-corrected chi connectivity index (χ3v) is 4.84. The smallest absolute Gasteiger partial charge is 0.349 e. The highest BCUT2D eigenvalue weighted by Crippen LogP contribution is 2.22. The number of fused-ring (bicyclic) bond motifs is 1. The van der Waals surface area contributed by atoms with Crippen LogP contribution in [-0.4, -0.2) is 30.0 Å². The minimum atomic E-state index is -0.717. The Morgan fingerprint density at radius 3 is 2.69 bits per heavy atom. The molecule has 1 unspecified atom stereocenters. The van der Waals surface area contributed by atoms with Gasteiger partial charge in [-0.15, -0.1) is 0 Å². The Kier molecular flexibility index (Phi) is 4.90. The number of carbonyl (C=O) groups excluding carboxylic acids is 2. The summed E-state index contributed by atoms with van der Waals surface area (Å²) in [5, 5.41) is 4.70. The lowest BCUT2D eigenvalue weighted by Gasteiger charge is -2.16. The van der Waals surface area contributed by atoms with Crippen molar-refractivity contribution >= 4 is 28.5 Å². The summed E-state index contributed by atoms with van der Waals surface area (Å²) < 4.78 is 5.23. The Balaban J connectivity index is 1.61. The molecular weight excluding hydrogens is 372 g/mol. The van der Waals surface area contributed by atoms with Crippen LogP contribution in [0.1, 0.15) is 33.2 Å². The van der Waals surface area contributed by atoms with Crippen LogP contribution < -0.4 is 10.9 Å². The Labute approximate surface area is 166 Å². The molecule has 1 aromatic heterocycles. The molecule has 0 bridgehead atoms. The third-order valence-electron chi connectivity index (χ3n) is 4.84. The number of nitrogens with one attached hydrogen (secondary N) is 1. The van der Waals surface area contributed by atoms with E-state index in [9.17, 15) is 14.4 Å². The van der Waals surface area contributed by atoms with Gasteiger partial charge in [0.1, 0.15) is 11.1 Å². The van der Waals surface area contributed by atoms with Gasteiger partial charge in [-0.25, -0.2) is 9.86 Å². The van der Waals surface area contributed by atoms with Gasteiger partial charge < -0.3 is 9.73 Å². The summed E-state index contributed by atoms with van der Waals surface area (Å²) in [5.74, 6) is -0.589. The first-order valence-electron chi connectivity index (χ1n) is 9.32. The van der Waals surface area contributed by atoms with E-state index in [-0.39, 0.29) is 17.4 Å². The first-order valence-corrected chi connectivity index (χ1v) is 9.32. The number of rotatable bonds is 3. The van der Waals surface area contributed by atoms with E-state index in [4.69, 9.17) is 9.25 Å². The van der Waals surface area contributed by atoms with E-state index in [0.717, 1.165) is 5.56 Å². The predicted octanol–water partition coefficient (Wildman–Crippen LogP) is 3.38. The molecule has 7 heteroatoms. The molecular formula is C22H20N2O5. The second-order valence-electron chi connectivity index (χ2n) is 7.24. The minimum absolute atomic E-state index is 0.100. The molecule has 4 rings (SSSR count). The number of hydrogen-bond acceptors (Lipinski definition) is 5. The Hall–Kier alpha value is -3.45. The fraction of sp³-hybridized carbons (Fsp3) is 0.227. The standard InChI is InChI=1S/C22H20N2O5/c1-13-11-24(28-12-13)21(26)16-8-7-14(2)18(10-16)23-20(25)17-9-15-5-3-4-6-19(15)29-22(17)27/h3-10,13H,11-12H2,1-2H3,(H,23,25). The van der Waals surface area contributed by atoms with Gasteiger partial charge in [0.05, 0.1) is 13.2 Å². The first kappa shape index (κ1) is 18.9. The summed E-state index contributed by atoms with van der Waals surface area (Å²) in [5.41, 5.74) is 1.20. The summed E-state index contributed by atoms with van der Waals surface area (Å²) in [6.45, 7) is 4.83. The molecule has 29 heavy (non-hydrogen) atoms. The van der Waals surface area contributed by atoms with Gasteiger partial charge in [-0.1, -0.05) is 31.2 Å². The van der Waals surface area contributed by atoms with E-state index < -0.39 is 11.5 Å².